The van der Waals surface area contributed by atoms with Gasteiger partial charge in [-0.2, -0.15) is 5.26 Å². The lowest BCUT2D eigenvalue weighted by molar-refractivity contribution is -0.123. The Morgan fingerprint density at radius 2 is 2.07 bits per heavy atom. The number of nitriles is 1. The van der Waals surface area contributed by atoms with E-state index < -0.39 is 6.04 Å². The Hall–Kier alpha value is -2.92. The molecule has 2 rings (SSSR count). The molecule has 0 aliphatic heterocycles. The third-order valence-electron chi connectivity index (χ3n) is 3.96. The van der Waals surface area contributed by atoms with Crippen LogP contribution in [0, 0.1) is 17.2 Å². The fraction of sp³-hybridized carbons (Fsp3) is 0.400. The normalized spacial score (nSPS) is 11.6. The molecule has 2 N–H and O–H groups in total. The molecule has 1 aromatic heterocycles. The maximum atomic E-state index is 12.7. The van der Waals surface area contributed by atoms with E-state index in [-0.39, 0.29) is 24.3 Å². The molecule has 28 heavy (non-hydrogen) atoms. The molecular weight excluding hydrogens is 374 g/mol. The molecule has 2 aromatic rings. The Morgan fingerprint density at radius 3 is 2.68 bits per heavy atom. The van der Waals surface area contributed by atoms with E-state index in [1.165, 1.54) is 11.3 Å². The lowest BCUT2D eigenvalue weighted by Crippen LogP contribution is -2.47. The number of amides is 2. The van der Waals surface area contributed by atoms with E-state index in [0.29, 0.717) is 12.0 Å². The molecule has 0 aliphatic carbocycles. The first-order valence-corrected chi connectivity index (χ1v) is 9.82. The SMILES string of the molecule is CC(C)CC(NC(=O)c1cccc(-c2cnc(N(C)C)s2)c1)C(=O)NCC#N. The standard InChI is InChI=1S/C20H25N5O2S/c1-13(2)10-16(19(27)22-9-8-21)24-18(26)15-7-5-6-14(11-15)17-12-23-20(28-17)25(3)4/h5-7,11-13,16H,9-10H2,1-4H3,(H,22,27)(H,24,26). The molecule has 1 heterocycles. The number of aromatic nitrogens is 1. The highest BCUT2D eigenvalue weighted by Gasteiger charge is 2.22. The minimum absolute atomic E-state index is 0.0850. The largest absolute Gasteiger partial charge is 0.354 e. The Labute approximate surface area is 169 Å². The van der Waals surface area contributed by atoms with Crippen molar-refractivity contribution in [2.24, 2.45) is 5.92 Å². The number of carbonyl (C=O) groups excluding carboxylic acids is 2. The van der Waals surface area contributed by atoms with Gasteiger partial charge in [0.15, 0.2) is 5.13 Å². The van der Waals surface area contributed by atoms with Crippen LogP contribution in [0.2, 0.25) is 0 Å². The molecule has 2 amide bonds. The summed E-state index contributed by atoms with van der Waals surface area (Å²) in [6.07, 6.45) is 2.28. The molecule has 0 radical (unpaired) electrons. The third-order valence-corrected chi connectivity index (χ3v) is 5.17. The Balaban J connectivity index is 2.17. The van der Waals surface area contributed by atoms with E-state index in [1.807, 2.05) is 51.0 Å². The summed E-state index contributed by atoms with van der Waals surface area (Å²) in [4.78, 5) is 32.3. The zero-order valence-corrected chi connectivity index (χ0v) is 17.3. The smallest absolute Gasteiger partial charge is 0.251 e. The number of hydrogen-bond acceptors (Lipinski definition) is 6. The van der Waals surface area contributed by atoms with Crippen LogP contribution in [0.1, 0.15) is 30.6 Å². The number of rotatable bonds is 8. The molecule has 1 unspecified atom stereocenters. The second kappa shape index (κ2) is 9.85. The molecule has 0 saturated carbocycles. The van der Waals surface area contributed by atoms with Crippen molar-refractivity contribution in [3.63, 3.8) is 0 Å². The summed E-state index contributed by atoms with van der Waals surface area (Å²) in [5.74, 6) is -0.457. The molecular formula is C20H25N5O2S. The number of carbonyl (C=O) groups is 2. The minimum Gasteiger partial charge on any atom is -0.354 e. The van der Waals surface area contributed by atoms with E-state index in [2.05, 4.69) is 15.6 Å². The number of anilines is 1. The van der Waals surface area contributed by atoms with Crippen molar-refractivity contribution in [2.75, 3.05) is 25.5 Å². The van der Waals surface area contributed by atoms with Crippen LogP contribution < -0.4 is 15.5 Å². The van der Waals surface area contributed by atoms with Gasteiger partial charge in [-0.1, -0.05) is 37.3 Å². The third kappa shape index (κ3) is 5.79. The predicted molar refractivity (Wildman–Crippen MR) is 111 cm³/mol. The fourth-order valence-corrected chi connectivity index (χ4v) is 3.45. The van der Waals surface area contributed by atoms with Crippen molar-refractivity contribution in [3.05, 3.63) is 36.0 Å². The first-order chi connectivity index (χ1) is 13.3. The molecule has 148 valence electrons. The van der Waals surface area contributed by atoms with E-state index in [0.717, 1.165) is 15.6 Å². The van der Waals surface area contributed by atoms with Crippen molar-refractivity contribution in [2.45, 2.75) is 26.3 Å². The molecule has 0 fully saturated rings. The van der Waals surface area contributed by atoms with Crippen LogP contribution in [0.3, 0.4) is 0 Å². The average molecular weight is 400 g/mol. The van der Waals surface area contributed by atoms with Crippen LogP contribution in [-0.4, -0.2) is 43.5 Å². The summed E-state index contributed by atoms with van der Waals surface area (Å²) in [6.45, 7) is 3.87. The summed E-state index contributed by atoms with van der Waals surface area (Å²) < 4.78 is 0. The number of nitrogens with zero attached hydrogens (tertiary/aromatic N) is 3. The Bertz CT molecular complexity index is 869. The summed E-state index contributed by atoms with van der Waals surface area (Å²) in [7, 11) is 3.86. The van der Waals surface area contributed by atoms with E-state index in [9.17, 15) is 9.59 Å². The molecule has 0 saturated heterocycles. The first-order valence-electron chi connectivity index (χ1n) is 9.01. The maximum absolute atomic E-state index is 12.7. The van der Waals surface area contributed by atoms with Gasteiger partial charge in [-0.05, 0) is 30.0 Å². The predicted octanol–water partition coefficient (Wildman–Crippen LogP) is 2.66. The maximum Gasteiger partial charge on any atom is 0.251 e. The highest BCUT2D eigenvalue weighted by atomic mass is 32.1. The second-order valence-corrected chi connectivity index (χ2v) is 8.02. The van der Waals surface area contributed by atoms with E-state index >= 15 is 0 Å². The molecule has 1 atom stereocenters. The molecule has 0 spiro atoms. The van der Waals surface area contributed by atoms with Crippen molar-refractivity contribution in [3.8, 4) is 16.5 Å². The lowest BCUT2D eigenvalue weighted by atomic mass is 10.0. The molecule has 8 heteroatoms. The highest BCUT2D eigenvalue weighted by Crippen LogP contribution is 2.30. The lowest BCUT2D eigenvalue weighted by Gasteiger charge is -2.19. The number of benzene rings is 1. The summed E-state index contributed by atoms with van der Waals surface area (Å²) in [6, 6.07) is 8.43. The molecule has 0 aliphatic rings. The highest BCUT2D eigenvalue weighted by molar-refractivity contribution is 7.18. The fourth-order valence-electron chi connectivity index (χ4n) is 2.61. The van der Waals surface area contributed by atoms with E-state index in [4.69, 9.17) is 5.26 Å². The van der Waals surface area contributed by atoms with Crippen LogP contribution in [0.25, 0.3) is 10.4 Å². The molecule has 0 bridgehead atoms. The van der Waals surface area contributed by atoms with Crippen LogP contribution in [-0.2, 0) is 4.79 Å². The van der Waals surface area contributed by atoms with Crippen molar-refractivity contribution >= 4 is 28.3 Å². The van der Waals surface area contributed by atoms with Gasteiger partial charge in [0.25, 0.3) is 5.91 Å². The number of hydrogen-bond donors (Lipinski definition) is 2. The monoisotopic (exact) mass is 399 g/mol. The first kappa shape index (κ1) is 21.4. The molecule has 1 aromatic carbocycles. The number of nitrogens with one attached hydrogen (secondary N) is 2. The van der Waals surface area contributed by atoms with E-state index in [1.54, 1.807) is 18.3 Å². The van der Waals surface area contributed by atoms with Gasteiger partial charge >= 0.3 is 0 Å². The zero-order chi connectivity index (χ0) is 20.7. The van der Waals surface area contributed by atoms with Gasteiger partial charge in [-0.25, -0.2) is 4.98 Å². The van der Waals surface area contributed by atoms with Gasteiger partial charge in [-0.3, -0.25) is 9.59 Å². The molecule has 7 nitrogen and oxygen atoms in total. The summed E-state index contributed by atoms with van der Waals surface area (Å²) >= 11 is 1.54. The topological polar surface area (TPSA) is 98.1 Å². The average Bonchev–Trinajstić information content (AvgIpc) is 3.16. The minimum atomic E-state index is -0.687. The van der Waals surface area contributed by atoms with Gasteiger partial charge in [0.05, 0.1) is 10.9 Å². The Kier molecular flexibility index (Phi) is 7.52. The van der Waals surface area contributed by atoms with Crippen molar-refractivity contribution in [1.82, 2.24) is 15.6 Å². The summed E-state index contributed by atoms with van der Waals surface area (Å²) in [5, 5.41) is 14.9. The van der Waals surface area contributed by atoms with Crippen molar-refractivity contribution in [1.29, 1.82) is 5.26 Å². The van der Waals surface area contributed by atoms with Crippen LogP contribution in [0.4, 0.5) is 5.13 Å². The van der Waals surface area contributed by atoms with Crippen LogP contribution in [0.5, 0.6) is 0 Å². The second-order valence-electron chi connectivity index (χ2n) is 7.01. The van der Waals surface area contributed by atoms with Gasteiger partial charge in [0.1, 0.15) is 12.6 Å². The zero-order valence-electron chi connectivity index (χ0n) is 16.5. The van der Waals surface area contributed by atoms with Crippen LogP contribution in [0.15, 0.2) is 30.5 Å². The van der Waals surface area contributed by atoms with Crippen molar-refractivity contribution < 1.29 is 9.59 Å². The van der Waals surface area contributed by atoms with Gasteiger partial charge in [-0.15, -0.1) is 0 Å². The quantitative estimate of drug-likeness (QED) is 0.665. The van der Waals surface area contributed by atoms with Gasteiger partial charge < -0.3 is 15.5 Å². The van der Waals surface area contributed by atoms with Crippen LogP contribution >= 0.6 is 11.3 Å². The van der Waals surface area contributed by atoms with Gasteiger partial charge in [0.2, 0.25) is 5.91 Å². The van der Waals surface area contributed by atoms with Gasteiger partial charge in [0, 0.05) is 25.9 Å². The number of thiazole rings is 1. The Morgan fingerprint density at radius 1 is 1.32 bits per heavy atom. The summed E-state index contributed by atoms with van der Waals surface area (Å²) in [5.41, 5.74) is 1.37.